The molecule has 0 aromatic heterocycles. The zero-order valence-electron chi connectivity index (χ0n) is 7.72. The highest BCUT2D eigenvalue weighted by Crippen LogP contribution is 2.29. The van der Waals surface area contributed by atoms with Crippen molar-refractivity contribution in [1.29, 1.82) is 0 Å². The van der Waals surface area contributed by atoms with Crippen LogP contribution in [0.4, 0.5) is 0 Å². The molecule has 0 radical (unpaired) electrons. The molecular weight excluding hydrogens is 209 g/mol. The van der Waals surface area contributed by atoms with E-state index in [9.17, 15) is 0 Å². The van der Waals surface area contributed by atoms with E-state index >= 15 is 0 Å². The largest absolute Gasteiger partial charge is 0.373 e. The van der Waals surface area contributed by atoms with Crippen LogP contribution < -0.4 is 5.32 Å². The molecule has 0 spiro atoms. The fourth-order valence-corrected chi connectivity index (χ4v) is 1.62. The molecule has 0 bridgehead atoms. The molecule has 0 amide bonds. The van der Waals surface area contributed by atoms with Crippen molar-refractivity contribution in [3.63, 3.8) is 0 Å². The average Bonchev–Trinajstić information content (AvgIpc) is 2.08. The van der Waals surface area contributed by atoms with Crippen LogP contribution in [0.15, 0.2) is 10.6 Å². The normalized spacial score (nSPS) is 28.7. The van der Waals surface area contributed by atoms with E-state index in [4.69, 9.17) is 27.9 Å². The van der Waals surface area contributed by atoms with E-state index in [0.29, 0.717) is 17.7 Å². The molecule has 2 nitrogen and oxygen atoms in total. The first-order valence-electron chi connectivity index (χ1n) is 4.47. The second-order valence-electron chi connectivity index (χ2n) is 3.38. The van der Waals surface area contributed by atoms with Gasteiger partial charge in [0.05, 0.1) is 17.7 Å². The molecule has 0 aromatic carbocycles. The number of rotatable bonds is 5. The molecule has 13 heavy (non-hydrogen) atoms. The van der Waals surface area contributed by atoms with E-state index in [0.717, 1.165) is 25.3 Å². The van der Waals surface area contributed by atoms with Crippen molar-refractivity contribution in [2.45, 2.75) is 18.9 Å². The van der Waals surface area contributed by atoms with Gasteiger partial charge < -0.3 is 10.1 Å². The Morgan fingerprint density at radius 1 is 1.62 bits per heavy atom. The van der Waals surface area contributed by atoms with E-state index in [1.54, 1.807) is 0 Å². The summed E-state index contributed by atoms with van der Waals surface area (Å²) >= 11 is 11.1. The molecule has 1 saturated carbocycles. The van der Waals surface area contributed by atoms with Crippen LogP contribution >= 0.6 is 23.2 Å². The van der Waals surface area contributed by atoms with Gasteiger partial charge in [-0.2, -0.15) is 0 Å². The number of hydrogen-bond donors (Lipinski definition) is 1. The summed E-state index contributed by atoms with van der Waals surface area (Å²) < 4.78 is 5.49. The lowest BCUT2D eigenvalue weighted by Crippen LogP contribution is -2.37. The molecule has 0 saturated heterocycles. The molecule has 1 rings (SSSR count). The molecule has 1 aliphatic rings. The summed E-state index contributed by atoms with van der Waals surface area (Å²) in [5.74, 6) is 0.772. The predicted molar refractivity (Wildman–Crippen MR) is 56.2 cm³/mol. The van der Waals surface area contributed by atoms with Gasteiger partial charge in [-0.15, -0.1) is 0 Å². The summed E-state index contributed by atoms with van der Waals surface area (Å²) in [7, 11) is 1.97. The van der Waals surface area contributed by atoms with Crippen molar-refractivity contribution < 1.29 is 4.74 Å². The molecule has 0 heterocycles. The molecular formula is C9H15Cl2NO. The lowest BCUT2D eigenvalue weighted by atomic mass is 9.82. The Bertz CT molecular complexity index is 178. The van der Waals surface area contributed by atoms with Crippen LogP contribution in [-0.4, -0.2) is 26.3 Å². The second-order valence-corrected chi connectivity index (χ2v) is 4.09. The molecule has 1 fully saturated rings. The van der Waals surface area contributed by atoms with Crippen molar-refractivity contribution in [3.05, 3.63) is 10.6 Å². The van der Waals surface area contributed by atoms with Crippen LogP contribution in [0.25, 0.3) is 0 Å². The molecule has 0 aliphatic heterocycles. The van der Waals surface area contributed by atoms with Crippen molar-refractivity contribution in [2.75, 3.05) is 20.2 Å². The Balaban J connectivity index is 2.02. The van der Waals surface area contributed by atoms with E-state index in [2.05, 4.69) is 5.32 Å². The summed E-state index contributed by atoms with van der Waals surface area (Å²) in [5, 5.41) is 3.72. The molecule has 76 valence electrons. The standard InChI is InChI=1S/C9H15Cl2NO/c1-12-5-7-2-9(3-7)13-6-8(11)4-10/h4,7,9,12H,2-3,5-6H2,1H3. The second kappa shape index (κ2) is 5.86. The summed E-state index contributed by atoms with van der Waals surface area (Å²) in [5.41, 5.74) is 1.35. The fraction of sp³-hybridized carbons (Fsp3) is 0.778. The van der Waals surface area contributed by atoms with E-state index in [1.807, 2.05) is 7.05 Å². The van der Waals surface area contributed by atoms with Gasteiger partial charge in [-0.1, -0.05) is 23.2 Å². The van der Waals surface area contributed by atoms with Gasteiger partial charge >= 0.3 is 0 Å². The van der Waals surface area contributed by atoms with Gasteiger partial charge in [0.1, 0.15) is 0 Å². The Morgan fingerprint density at radius 3 is 2.85 bits per heavy atom. The highest BCUT2D eigenvalue weighted by atomic mass is 35.5. The highest BCUT2D eigenvalue weighted by Gasteiger charge is 2.28. The topological polar surface area (TPSA) is 21.3 Å². The summed E-state index contributed by atoms with van der Waals surface area (Å²) in [6.45, 7) is 1.53. The molecule has 1 aliphatic carbocycles. The van der Waals surface area contributed by atoms with Crippen LogP contribution in [-0.2, 0) is 4.74 Å². The van der Waals surface area contributed by atoms with Crippen molar-refractivity contribution >= 4 is 23.2 Å². The van der Waals surface area contributed by atoms with Crippen LogP contribution in [0.2, 0.25) is 0 Å². The molecule has 1 N–H and O–H groups in total. The quantitative estimate of drug-likeness (QED) is 0.773. The van der Waals surface area contributed by atoms with Crippen LogP contribution in [0.1, 0.15) is 12.8 Å². The molecule has 0 aromatic rings. The Hall–Kier alpha value is 0.240. The molecule has 0 unspecified atom stereocenters. The first-order chi connectivity index (χ1) is 6.26. The predicted octanol–water partition coefficient (Wildman–Crippen LogP) is 2.32. The monoisotopic (exact) mass is 223 g/mol. The van der Waals surface area contributed by atoms with Crippen LogP contribution in [0, 0.1) is 5.92 Å². The first kappa shape index (κ1) is 11.3. The highest BCUT2D eigenvalue weighted by molar-refractivity contribution is 6.36. The zero-order valence-corrected chi connectivity index (χ0v) is 9.24. The maximum absolute atomic E-state index is 5.68. The van der Waals surface area contributed by atoms with Gasteiger partial charge in [0, 0.05) is 5.54 Å². The number of nitrogens with one attached hydrogen (secondary N) is 1. The third-order valence-electron chi connectivity index (χ3n) is 2.26. The van der Waals surface area contributed by atoms with Crippen molar-refractivity contribution in [1.82, 2.24) is 5.32 Å². The third-order valence-corrected chi connectivity index (χ3v) is 2.85. The maximum Gasteiger partial charge on any atom is 0.0835 e. The third kappa shape index (κ3) is 3.86. The Labute approximate surface area is 89.2 Å². The maximum atomic E-state index is 5.68. The summed E-state index contributed by atoms with van der Waals surface area (Å²) in [6.07, 6.45) is 2.64. The van der Waals surface area contributed by atoms with Gasteiger partial charge in [0.15, 0.2) is 0 Å². The SMILES string of the molecule is CNCC1CC(OCC(Cl)=CCl)C1. The van der Waals surface area contributed by atoms with Crippen LogP contribution in [0.5, 0.6) is 0 Å². The minimum absolute atomic E-state index is 0.378. The van der Waals surface area contributed by atoms with Gasteiger partial charge in [0.2, 0.25) is 0 Å². The van der Waals surface area contributed by atoms with Crippen molar-refractivity contribution in [2.24, 2.45) is 5.92 Å². The Morgan fingerprint density at radius 2 is 2.31 bits per heavy atom. The van der Waals surface area contributed by atoms with E-state index < -0.39 is 0 Å². The zero-order chi connectivity index (χ0) is 9.68. The minimum Gasteiger partial charge on any atom is -0.373 e. The average molecular weight is 224 g/mol. The fourth-order valence-electron chi connectivity index (χ4n) is 1.49. The first-order valence-corrected chi connectivity index (χ1v) is 5.28. The van der Waals surface area contributed by atoms with Gasteiger partial charge in [-0.3, -0.25) is 0 Å². The number of ether oxygens (including phenoxy) is 1. The lowest BCUT2D eigenvalue weighted by molar-refractivity contribution is -0.0171. The summed E-state index contributed by atoms with van der Waals surface area (Å²) in [6, 6.07) is 0. The van der Waals surface area contributed by atoms with Crippen LogP contribution in [0.3, 0.4) is 0 Å². The Kier molecular flexibility index (Phi) is 5.10. The van der Waals surface area contributed by atoms with Gasteiger partial charge in [-0.25, -0.2) is 0 Å². The molecule has 4 heteroatoms. The number of hydrogen-bond acceptors (Lipinski definition) is 2. The number of halogens is 2. The smallest absolute Gasteiger partial charge is 0.0835 e. The van der Waals surface area contributed by atoms with Gasteiger partial charge in [-0.05, 0) is 32.4 Å². The lowest BCUT2D eigenvalue weighted by Gasteiger charge is -2.34. The van der Waals surface area contributed by atoms with E-state index in [1.165, 1.54) is 5.54 Å². The van der Waals surface area contributed by atoms with Crippen molar-refractivity contribution in [3.8, 4) is 0 Å². The van der Waals surface area contributed by atoms with E-state index in [-0.39, 0.29) is 0 Å². The molecule has 0 atom stereocenters. The summed E-state index contributed by atoms with van der Waals surface area (Å²) in [4.78, 5) is 0. The minimum atomic E-state index is 0.378. The van der Waals surface area contributed by atoms with Gasteiger partial charge in [0.25, 0.3) is 0 Å².